The Morgan fingerprint density at radius 1 is 1.05 bits per heavy atom. The van der Waals surface area contributed by atoms with Gasteiger partial charge in [0.2, 0.25) is 21.8 Å². The maximum atomic E-state index is 13.5. The van der Waals surface area contributed by atoms with Gasteiger partial charge in [-0.2, -0.15) is 0 Å². The van der Waals surface area contributed by atoms with Gasteiger partial charge in [0.15, 0.2) is 0 Å². The number of nitrogens with zero attached hydrogens (tertiary/aromatic N) is 2. The zero-order chi connectivity index (χ0) is 28.4. The number of sulfonamides is 1. The largest absolute Gasteiger partial charge is 0.492 e. The average molecular weight is 558 g/mol. The maximum absolute atomic E-state index is 13.5. The van der Waals surface area contributed by atoms with Crippen molar-refractivity contribution in [2.24, 2.45) is 0 Å². The van der Waals surface area contributed by atoms with Crippen LogP contribution in [-0.2, 0) is 26.2 Å². The molecule has 0 bridgehead atoms. The molecule has 2 aromatic carbocycles. The van der Waals surface area contributed by atoms with E-state index in [4.69, 9.17) is 4.74 Å². The van der Waals surface area contributed by atoms with Crippen LogP contribution in [0.5, 0.6) is 5.75 Å². The van der Waals surface area contributed by atoms with Crippen molar-refractivity contribution in [2.75, 3.05) is 23.7 Å². The predicted octanol–water partition coefficient (Wildman–Crippen LogP) is 4.81. The molecule has 0 aromatic heterocycles. The van der Waals surface area contributed by atoms with E-state index in [1.54, 1.807) is 36.1 Å². The Labute approximate surface area is 233 Å². The van der Waals surface area contributed by atoms with Gasteiger partial charge < -0.3 is 15.0 Å². The SMILES string of the molecule is CCOc1ccccc1N(CCCC(=O)N(Cc1ccc(C)cc1)C(C)C(=O)NC1CCCCC1)S(C)(=O)=O. The molecule has 3 rings (SSSR count). The molecule has 9 heteroatoms. The first-order chi connectivity index (χ1) is 18.6. The minimum atomic E-state index is -3.61. The van der Waals surface area contributed by atoms with Crippen LogP contribution in [0.1, 0.15) is 69.9 Å². The van der Waals surface area contributed by atoms with Gasteiger partial charge in [-0.1, -0.05) is 61.2 Å². The first kappa shape index (κ1) is 30.5. The number of rotatable bonds is 13. The fourth-order valence-corrected chi connectivity index (χ4v) is 5.93. The van der Waals surface area contributed by atoms with E-state index < -0.39 is 16.1 Å². The zero-order valence-corrected chi connectivity index (χ0v) is 24.5. The molecule has 0 radical (unpaired) electrons. The van der Waals surface area contributed by atoms with Gasteiger partial charge >= 0.3 is 0 Å². The van der Waals surface area contributed by atoms with E-state index in [1.165, 1.54) is 10.7 Å². The molecule has 8 nitrogen and oxygen atoms in total. The Bertz CT molecular complexity index is 1190. The molecule has 2 amide bonds. The van der Waals surface area contributed by atoms with Gasteiger partial charge in [0.25, 0.3) is 0 Å². The van der Waals surface area contributed by atoms with Gasteiger partial charge in [0.05, 0.1) is 18.6 Å². The number of carbonyl (C=O) groups is 2. The summed E-state index contributed by atoms with van der Waals surface area (Å²) >= 11 is 0. The van der Waals surface area contributed by atoms with E-state index in [2.05, 4.69) is 5.32 Å². The topological polar surface area (TPSA) is 96.0 Å². The van der Waals surface area contributed by atoms with Gasteiger partial charge in [-0.05, 0) is 57.7 Å². The lowest BCUT2D eigenvalue weighted by Gasteiger charge is -2.31. The lowest BCUT2D eigenvalue weighted by Crippen LogP contribution is -2.50. The second-order valence-corrected chi connectivity index (χ2v) is 12.3. The number of benzene rings is 2. The molecule has 2 aromatic rings. The van der Waals surface area contributed by atoms with E-state index in [-0.39, 0.29) is 30.8 Å². The van der Waals surface area contributed by atoms with Crippen LogP contribution < -0.4 is 14.4 Å². The van der Waals surface area contributed by atoms with Crippen LogP contribution in [0.15, 0.2) is 48.5 Å². The fraction of sp³-hybridized carbons (Fsp3) is 0.533. The normalized spacial score (nSPS) is 14.9. The highest BCUT2D eigenvalue weighted by atomic mass is 32.2. The highest BCUT2D eigenvalue weighted by Crippen LogP contribution is 2.30. The third-order valence-corrected chi connectivity index (χ3v) is 8.36. The summed E-state index contributed by atoms with van der Waals surface area (Å²) < 4.78 is 32.3. The van der Waals surface area contributed by atoms with E-state index in [0.29, 0.717) is 31.0 Å². The Balaban J connectivity index is 1.73. The molecule has 0 aliphatic heterocycles. The summed E-state index contributed by atoms with van der Waals surface area (Å²) in [6, 6.07) is 14.4. The van der Waals surface area contributed by atoms with Crippen LogP contribution in [0.4, 0.5) is 5.69 Å². The van der Waals surface area contributed by atoms with Crippen LogP contribution in [0.3, 0.4) is 0 Å². The standard InChI is InChI=1S/C30H43N3O5S/c1-5-38-28-15-10-9-14-27(28)33(39(4,36)37)21-11-16-29(34)32(22-25-19-17-23(2)18-20-25)24(3)30(35)31-26-12-7-6-8-13-26/h9-10,14-15,17-20,24,26H,5-8,11-13,16,21-22H2,1-4H3,(H,31,35). The van der Waals surface area contributed by atoms with Crippen molar-refractivity contribution in [3.05, 3.63) is 59.7 Å². The highest BCUT2D eigenvalue weighted by molar-refractivity contribution is 7.92. The number of nitrogens with one attached hydrogen (secondary N) is 1. The van der Waals surface area contributed by atoms with E-state index in [9.17, 15) is 18.0 Å². The van der Waals surface area contributed by atoms with E-state index in [0.717, 1.165) is 43.1 Å². The zero-order valence-electron chi connectivity index (χ0n) is 23.7. The summed E-state index contributed by atoms with van der Waals surface area (Å²) in [4.78, 5) is 28.3. The Morgan fingerprint density at radius 3 is 2.36 bits per heavy atom. The van der Waals surface area contributed by atoms with Gasteiger partial charge in [-0.25, -0.2) is 8.42 Å². The maximum Gasteiger partial charge on any atom is 0.242 e. The Kier molecular flexibility index (Phi) is 11.2. The molecule has 1 N–H and O–H groups in total. The number of ether oxygens (including phenoxy) is 1. The molecule has 0 spiro atoms. The van der Waals surface area contributed by atoms with Crippen LogP contribution in [0.2, 0.25) is 0 Å². The summed E-state index contributed by atoms with van der Waals surface area (Å²) in [5.74, 6) is 0.143. The summed E-state index contributed by atoms with van der Waals surface area (Å²) in [5.41, 5.74) is 2.51. The van der Waals surface area contributed by atoms with Crippen molar-refractivity contribution in [1.29, 1.82) is 0 Å². The number of hydrogen-bond donors (Lipinski definition) is 1. The number of para-hydroxylation sites is 2. The van der Waals surface area contributed by atoms with Crippen molar-refractivity contribution in [2.45, 2.75) is 84.3 Å². The summed E-state index contributed by atoms with van der Waals surface area (Å²) in [5, 5.41) is 3.15. The second kappa shape index (κ2) is 14.4. The quantitative estimate of drug-likeness (QED) is 0.382. The van der Waals surface area contributed by atoms with Gasteiger partial charge in [-0.3, -0.25) is 13.9 Å². The highest BCUT2D eigenvalue weighted by Gasteiger charge is 2.28. The molecule has 214 valence electrons. The minimum Gasteiger partial charge on any atom is -0.492 e. The van der Waals surface area contributed by atoms with Crippen LogP contribution in [0, 0.1) is 6.92 Å². The average Bonchev–Trinajstić information content (AvgIpc) is 2.91. The van der Waals surface area contributed by atoms with Crippen molar-refractivity contribution < 1.29 is 22.7 Å². The van der Waals surface area contributed by atoms with Crippen LogP contribution in [-0.4, -0.2) is 56.6 Å². The molecule has 1 aliphatic carbocycles. The third-order valence-electron chi connectivity index (χ3n) is 7.18. The lowest BCUT2D eigenvalue weighted by atomic mass is 9.95. The first-order valence-electron chi connectivity index (χ1n) is 13.9. The van der Waals surface area contributed by atoms with Crippen LogP contribution >= 0.6 is 0 Å². The molecule has 0 saturated heterocycles. The number of amides is 2. The summed E-state index contributed by atoms with van der Waals surface area (Å²) in [6.45, 7) is 6.45. The van der Waals surface area contributed by atoms with Crippen LogP contribution in [0.25, 0.3) is 0 Å². The van der Waals surface area contributed by atoms with Gasteiger partial charge in [0.1, 0.15) is 11.8 Å². The molecular weight excluding hydrogens is 514 g/mol. The molecule has 1 fully saturated rings. The molecule has 1 unspecified atom stereocenters. The molecular formula is C30H43N3O5S. The fourth-order valence-electron chi connectivity index (χ4n) is 4.96. The molecule has 1 saturated carbocycles. The predicted molar refractivity (Wildman–Crippen MR) is 155 cm³/mol. The molecule has 1 aliphatic rings. The lowest BCUT2D eigenvalue weighted by molar-refractivity contribution is -0.141. The number of hydrogen-bond acceptors (Lipinski definition) is 5. The minimum absolute atomic E-state index is 0.107. The first-order valence-corrected chi connectivity index (χ1v) is 15.8. The molecule has 39 heavy (non-hydrogen) atoms. The molecule has 0 heterocycles. The van der Waals surface area contributed by atoms with Gasteiger partial charge in [0, 0.05) is 25.6 Å². The van der Waals surface area contributed by atoms with Crippen molar-refractivity contribution in [3.63, 3.8) is 0 Å². The van der Waals surface area contributed by atoms with E-state index in [1.807, 2.05) is 38.1 Å². The third kappa shape index (κ3) is 8.98. The smallest absolute Gasteiger partial charge is 0.242 e. The number of carbonyl (C=O) groups excluding carboxylic acids is 2. The number of aryl methyl sites for hydroxylation is 1. The number of anilines is 1. The Morgan fingerprint density at radius 2 is 1.72 bits per heavy atom. The summed E-state index contributed by atoms with van der Waals surface area (Å²) in [7, 11) is -3.61. The second-order valence-electron chi connectivity index (χ2n) is 10.4. The van der Waals surface area contributed by atoms with E-state index >= 15 is 0 Å². The van der Waals surface area contributed by atoms with Gasteiger partial charge in [-0.15, -0.1) is 0 Å². The van der Waals surface area contributed by atoms with Crippen molar-refractivity contribution in [1.82, 2.24) is 10.2 Å². The van der Waals surface area contributed by atoms with Crippen molar-refractivity contribution in [3.8, 4) is 5.75 Å². The Hall–Kier alpha value is -3.07. The van der Waals surface area contributed by atoms with Crippen molar-refractivity contribution >= 4 is 27.5 Å². The molecule has 1 atom stereocenters. The summed E-state index contributed by atoms with van der Waals surface area (Å²) in [6.07, 6.45) is 6.90. The monoisotopic (exact) mass is 557 g/mol.